The quantitative estimate of drug-likeness (QED) is 0.245. The van der Waals surface area contributed by atoms with Gasteiger partial charge in [0.15, 0.2) is 0 Å². The third-order valence-electron chi connectivity index (χ3n) is 0.164. The molecule has 6 nitrogen and oxygen atoms in total. The molecule has 7 heteroatoms. The summed E-state index contributed by atoms with van der Waals surface area (Å²) in [6.07, 6.45) is 0. The monoisotopic (exact) mass is 222 g/mol. The van der Waals surface area contributed by atoms with Crippen LogP contribution in [0.25, 0.3) is 0 Å². The van der Waals surface area contributed by atoms with Crippen molar-refractivity contribution in [2.75, 3.05) is 0 Å². The van der Waals surface area contributed by atoms with Crippen LogP contribution in [-0.4, -0.2) is 0 Å². The molecule has 0 spiro atoms. The number of rotatable bonds is 2. The Hall–Kier alpha value is 0.490. The summed E-state index contributed by atoms with van der Waals surface area (Å²) in [4.78, 5) is 3.50. The van der Waals surface area contributed by atoms with Gasteiger partial charge in [-0.2, -0.15) is 5.64 Å². The van der Waals surface area contributed by atoms with Crippen LogP contribution >= 0.6 is 0 Å². The van der Waals surface area contributed by atoms with E-state index >= 15 is 0 Å². The van der Waals surface area contributed by atoms with Crippen molar-refractivity contribution in [1.29, 1.82) is 0 Å². The number of quaternary nitrogens is 2. The number of halogens is 1. The van der Waals surface area contributed by atoms with Crippen LogP contribution in [0.5, 0.6) is 0 Å². The van der Waals surface area contributed by atoms with Gasteiger partial charge in [-0.15, -0.1) is 5.84 Å². The Kier molecular flexibility index (Phi) is 9.70. The minimum Gasteiger partial charge on any atom is -1.00 e. The Balaban J connectivity index is 0. The lowest BCUT2D eigenvalue weighted by Gasteiger charge is -2.07. The molecule has 0 aliphatic rings. The Morgan fingerprint density at radius 3 is 2.14 bits per heavy atom. The molecule has 0 aliphatic carbocycles. The van der Waals surface area contributed by atoms with Gasteiger partial charge in [-0.1, -0.05) is 5.34 Å². The van der Waals surface area contributed by atoms with E-state index in [0.29, 0.717) is 0 Å². The zero-order chi connectivity index (χ0) is 4.99. The van der Waals surface area contributed by atoms with Gasteiger partial charge in [0.05, 0.1) is 0 Å². The van der Waals surface area contributed by atoms with Gasteiger partial charge in [-0.05, 0) is 0 Å². The standard InChI is InChI=1S/HI.H5N3O3/c;1-3(5)6-2-4/h1H;3H,1-2H2/p-1. The van der Waals surface area contributed by atoms with Crippen molar-refractivity contribution >= 4 is 0 Å². The molecule has 0 aliphatic heterocycles. The fraction of sp³-hybridized carbons (Fsp3) is 0. The van der Waals surface area contributed by atoms with Crippen molar-refractivity contribution in [3.63, 3.8) is 0 Å². The molecule has 0 saturated carbocycles. The first-order chi connectivity index (χ1) is 2.77. The molecule has 5 N–H and O–H groups in total. The smallest absolute Gasteiger partial charge is 0.0101 e. The van der Waals surface area contributed by atoms with Gasteiger partial charge in [0, 0.05) is 4.94 Å². The molecule has 0 aromatic heterocycles. The van der Waals surface area contributed by atoms with E-state index in [2.05, 4.69) is 10.8 Å². The minimum absolute atomic E-state index is 0. The Labute approximate surface area is 56.7 Å². The van der Waals surface area contributed by atoms with E-state index in [4.69, 9.17) is 5.21 Å². The molecule has 0 heterocycles. The van der Waals surface area contributed by atoms with Crippen molar-refractivity contribution in [3.05, 3.63) is 10.4 Å². The molecule has 46 valence electrons. The second kappa shape index (κ2) is 6.49. The fourth-order valence-electron chi connectivity index (χ4n) is 0.0474. The molecular weight excluding hydrogens is 217 g/mol. The zero-order valence-corrected chi connectivity index (χ0v) is 5.41. The second-order valence-corrected chi connectivity index (χ2v) is 0.533. The predicted molar refractivity (Wildman–Crippen MR) is 14.9 cm³/mol. The molecule has 0 radical (unpaired) electrons. The highest BCUT2D eigenvalue weighted by Crippen LogP contribution is 1.07. The van der Waals surface area contributed by atoms with E-state index in [0.717, 1.165) is 0 Å². The lowest BCUT2D eigenvalue weighted by Crippen LogP contribution is -3.20. The molecule has 0 aromatic carbocycles. The highest BCUT2D eigenvalue weighted by atomic mass is 127. The Bertz CT molecular complexity index is 31.4. The van der Waals surface area contributed by atoms with Crippen molar-refractivity contribution < 1.29 is 39.9 Å². The van der Waals surface area contributed by atoms with Crippen LogP contribution in [0, 0.1) is 10.4 Å². The molecule has 0 amide bonds. The largest absolute Gasteiger partial charge is 1.00 e. The van der Waals surface area contributed by atoms with Gasteiger partial charge in [-0.25, -0.2) is 0 Å². The summed E-state index contributed by atoms with van der Waals surface area (Å²) in [6, 6.07) is 0. The van der Waals surface area contributed by atoms with Gasteiger partial charge < -0.3 is 34.4 Å². The molecule has 1 atom stereocenters. The van der Waals surface area contributed by atoms with E-state index in [1.54, 1.807) is 0 Å². The second-order valence-electron chi connectivity index (χ2n) is 0.533. The molecule has 0 fully saturated rings. The molecular formula is H5IN3O3-. The number of nitrogens with two attached hydrogens (primary N) is 2. The minimum atomic E-state index is -1.08. The summed E-state index contributed by atoms with van der Waals surface area (Å²) in [5.41, 5.74) is -0.0255. The Morgan fingerprint density at radius 1 is 1.71 bits per heavy atom. The van der Waals surface area contributed by atoms with Crippen LogP contribution in [0.3, 0.4) is 0 Å². The van der Waals surface area contributed by atoms with E-state index in [-0.39, 0.29) is 29.6 Å². The summed E-state index contributed by atoms with van der Waals surface area (Å²) in [7, 11) is 0. The normalized spacial score (nSPS) is 12.4. The maximum atomic E-state index is 9.37. The van der Waals surface area contributed by atoms with Crippen LogP contribution in [0.15, 0.2) is 0 Å². The van der Waals surface area contributed by atoms with Crippen LogP contribution in [0.1, 0.15) is 0 Å². The molecule has 7 heavy (non-hydrogen) atoms. The number of hydrogen-bond acceptors (Lipinski definition) is 4. The van der Waals surface area contributed by atoms with Crippen molar-refractivity contribution in [1.82, 2.24) is 0 Å². The third-order valence-corrected chi connectivity index (χ3v) is 0.164. The summed E-state index contributed by atoms with van der Waals surface area (Å²) in [6.45, 7) is 0. The topological polar surface area (TPSA) is 102 Å². The zero-order valence-electron chi connectivity index (χ0n) is 3.26. The fourth-order valence-corrected chi connectivity index (χ4v) is 0.0474. The third kappa shape index (κ3) is 10.7. The molecule has 0 bridgehead atoms. The highest BCUT2D eigenvalue weighted by molar-refractivity contribution is 3.76. The maximum Gasteiger partial charge on any atom is 0.0101 e. The van der Waals surface area contributed by atoms with E-state index in [9.17, 15) is 5.21 Å². The average molecular weight is 222 g/mol. The van der Waals surface area contributed by atoms with Crippen LogP contribution in [-0.2, 0) is 4.94 Å². The van der Waals surface area contributed by atoms with Crippen molar-refractivity contribution in [3.8, 4) is 0 Å². The predicted octanol–water partition coefficient (Wildman–Crippen LogP) is -6.85. The Morgan fingerprint density at radius 2 is 2.14 bits per heavy atom. The van der Waals surface area contributed by atoms with Crippen molar-refractivity contribution in [2.24, 2.45) is 5.84 Å². The maximum absolute atomic E-state index is 9.37. The van der Waals surface area contributed by atoms with Crippen molar-refractivity contribution in [2.45, 2.75) is 0 Å². The van der Waals surface area contributed by atoms with Crippen LogP contribution in [0.4, 0.5) is 0 Å². The summed E-state index contributed by atoms with van der Waals surface area (Å²) < 4.78 is 0. The van der Waals surface area contributed by atoms with Crippen LogP contribution in [0.2, 0.25) is 0 Å². The van der Waals surface area contributed by atoms with E-state index in [1.807, 2.05) is 0 Å². The van der Waals surface area contributed by atoms with Gasteiger partial charge in [0.25, 0.3) is 0 Å². The van der Waals surface area contributed by atoms with Gasteiger partial charge >= 0.3 is 0 Å². The first kappa shape index (κ1) is 10.5. The molecule has 0 aromatic rings. The summed E-state index contributed by atoms with van der Waals surface area (Å²) >= 11 is 0. The summed E-state index contributed by atoms with van der Waals surface area (Å²) in [5, 5.41) is 17.4. The van der Waals surface area contributed by atoms with Gasteiger partial charge in [0.2, 0.25) is 0 Å². The van der Waals surface area contributed by atoms with Crippen LogP contribution < -0.4 is 40.8 Å². The number of hydrogen-bond donors (Lipinski definition) is 3. The molecule has 0 saturated heterocycles. The summed E-state index contributed by atoms with van der Waals surface area (Å²) in [5.74, 6) is 4.31. The first-order valence-corrected chi connectivity index (χ1v) is 1.17. The molecule has 1 unspecified atom stereocenters. The van der Waals surface area contributed by atoms with E-state index < -0.39 is 5.34 Å². The first-order valence-electron chi connectivity index (χ1n) is 1.17. The van der Waals surface area contributed by atoms with Gasteiger partial charge in [0.1, 0.15) is 0 Å². The van der Waals surface area contributed by atoms with Gasteiger partial charge in [-0.3, -0.25) is 0 Å². The van der Waals surface area contributed by atoms with E-state index in [1.165, 1.54) is 0 Å². The number of nitrogens with one attached hydrogen (secondary N) is 1. The lowest BCUT2D eigenvalue weighted by atomic mass is 12.6. The highest BCUT2D eigenvalue weighted by Gasteiger charge is 1.77. The lowest BCUT2D eigenvalue weighted by molar-refractivity contribution is -1.24. The average Bonchev–Trinajstić information content (AvgIpc) is 1.35. The SMILES string of the molecule is N[NH+]([O-])O[NH2+][O-].[I-]. The molecule has 0 rings (SSSR count).